The number of rotatable bonds is 4. The van der Waals surface area contributed by atoms with Crippen molar-refractivity contribution in [1.29, 1.82) is 0 Å². The van der Waals surface area contributed by atoms with Crippen molar-refractivity contribution in [2.75, 3.05) is 5.32 Å². The maximum Gasteiger partial charge on any atom is 0.203 e. The smallest absolute Gasteiger partial charge is 0.203 e. The van der Waals surface area contributed by atoms with Gasteiger partial charge in [0.15, 0.2) is 0 Å². The molecule has 0 unspecified atom stereocenters. The normalized spacial score (nSPS) is 11.1. The number of halogens is 2. The average molecular weight is 282 g/mol. The lowest BCUT2D eigenvalue weighted by Crippen LogP contribution is -2.15. The highest BCUT2D eigenvalue weighted by atomic mass is 35.5. The molecule has 0 radical (unpaired) electrons. The van der Waals surface area contributed by atoms with Gasteiger partial charge < -0.3 is 9.88 Å². The zero-order chi connectivity index (χ0) is 14.0. The van der Waals surface area contributed by atoms with E-state index in [1.807, 2.05) is 17.7 Å². The number of aryl methyl sites for hydroxylation is 1. The first kappa shape index (κ1) is 13.9. The summed E-state index contributed by atoms with van der Waals surface area (Å²) in [5.74, 6) is 0.417. The van der Waals surface area contributed by atoms with E-state index in [2.05, 4.69) is 24.1 Å². The van der Waals surface area contributed by atoms with Crippen LogP contribution in [-0.4, -0.2) is 15.6 Å². The highest BCUT2D eigenvalue weighted by Gasteiger charge is 2.08. The molecule has 0 bridgehead atoms. The lowest BCUT2D eigenvalue weighted by molar-refractivity contribution is 0.626. The minimum Gasteiger partial charge on any atom is -0.353 e. The lowest BCUT2D eigenvalue weighted by atomic mass is 10.2. The minimum atomic E-state index is -0.396. The van der Waals surface area contributed by atoms with E-state index in [9.17, 15) is 4.39 Å². The minimum absolute atomic E-state index is 0.146. The van der Waals surface area contributed by atoms with Gasteiger partial charge in [-0.1, -0.05) is 17.7 Å². The van der Waals surface area contributed by atoms with E-state index in [1.165, 1.54) is 6.07 Å². The summed E-state index contributed by atoms with van der Waals surface area (Å²) in [6.07, 6.45) is 1.96. The number of hydrogen-bond acceptors (Lipinski definition) is 2. The summed E-state index contributed by atoms with van der Waals surface area (Å²) in [6.45, 7) is 6.67. The zero-order valence-corrected chi connectivity index (χ0v) is 12.0. The molecule has 0 fully saturated rings. The lowest BCUT2D eigenvalue weighted by Gasteiger charge is -2.12. The van der Waals surface area contributed by atoms with Crippen LogP contribution in [0.5, 0.6) is 0 Å². The summed E-state index contributed by atoms with van der Waals surface area (Å²) in [5, 5.41) is 3.43. The number of benzene rings is 1. The van der Waals surface area contributed by atoms with E-state index in [0.29, 0.717) is 12.6 Å². The van der Waals surface area contributed by atoms with Crippen molar-refractivity contribution in [2.24, 2.45) is 0 Å². The predicted octanol–water partition coefficient (Wildman–Crippen LogP) is 3.85. The van der Waals surface area contributed by atoms with Gasteiger partial charge in [0.05, 0.1) is 17.3 Å². The van der Waals surface area contributed by atoms with Crippen molar-refractivity contribution in [3.63, 3.8) is 0 Å². The zero-order valence-electron chi connectivity index (χ0n) is 11.2. The van der Waals surface area contributed by atoms with Gasteiger partial charge in [-0.25, -0.2) is 9.37 Å². The van der Waals surface area contributed by atoms with Crippen LogP contribution in [0, 0.1) is 12.7 Å². The number of hydrogen-bond donors (Lipinski definition) is 1. The Morgan fingerprint density at radius 1 is 1.42 bits per heavy atom. The van der Waals surface area contributed by atoms with Crippen molar-refractivity contribution in [3.8, 4) is 0 Å². The molecule has 0 spiro atoms. The summed E-state index contributed by atoms with van der Waals surface area (Å²) < 4.78 is 15.1. The molecule has 2 rings (SSSR count). The van der Waals surface area contributed by atoms with E-state index in [-0.39, 0.29) is 5.02 Å². The highest BCUT2D eigenvalue weighted by molar-refractivity contribution is 6.30. The fourth-order valence-corrected chi connectivity index (χ4v) is 2.08. The standard InChI is InChI=1S/C14H17ClFN3/c1-9(2)17-14-18-10(3)7-19(14)8-11-4-5-13(16)12(15)6-11/h4-7,9H,8H2,1-3H3,(H,17,18). The Hall–Kier alpha value is -1.55. The molecule has 2 aromatic rings. The molecule has 0 aliphatic carbocycles. The number of aromatic nitrogens is 2. The molecule has 102 valence electrons. The molecule has 1 aromatic carbocycles. The largest absolute Gasteiger partial charge is 0.353 e. The van der Waals surface area contributed by atoms with Crippen LogP contribution >= 0.6 is 11.6 Å². The summed E-state index contributed by atoms with van der Waals surface area (Å²) in [6, 6.07) is 5.07. The number of imidazole rings is 1. The van der Waals surface area contributed by atoms with Crippen LogP contribution in [0.2, 0.25) is 5.02 Å². The van der Waals surface area contributed by atoms with Gasteiger partial charge in [-0.15, -0.1) is 0 Å². The van der Waals surface area contributed by atoms with Gasteiger partial charge in [0.25, 0.3) is 0 Å². The van der Waals surface area contributed by atoms with E-state index >= 15 is 0 Å². The summed E-state index contributed by atoms with van der Waals surface area (Å²) >= 11 is 5.79. The van der Waals surface area contributed by atoms with E-state index in [1.54, 1.807) is 12.1 Å². The van der Waals surface area contributed by atoms with Gasteiger partial charge in [-0.3, -0.25) is 0 Å². The Labute approximate surface area is 117 Å². The van der Waals surface area contributed by atoms with Crippen molar-refractivity contribution >= 4 is 17.5 Å². The molecular weight excluding hydrogens is 265 g/mol. The van der Waals surface area contributed by atoms with Crippen LogP contribution < -0.4 is 5.32 Å². The van der Waals surface area contributed by atoms with Gasteiger partial charge in [0.1, 0.15) is 5.82 Å². The Balaban J connectivity index is 2.24. The Morgan fingerprint density at radius 2 is 2.16 bits per heavy atom. The maximum absolute atomic E-state index is 13.1. The van der Waals surface area contributed by atoms with Crippen LogP contribution in [0.3, 0.4) is 0 Å². The first-order valence-electron chi connectivity index (χ1n) is 6.20. The fourth-order valence-electron chi connectivity index (χ4n) is 1.88. The van der Waals surface area contributed by atoms with Crippen LogP contribution in [0.4, 0.5) is 10.3 Å². The van der Waals surface area contributed by atoms with Crippen molar-refractivity contribution in [1.82, 2.24) is 9.55 Å². The third-order valence-corrected chi connectivity index (χ3v) is 2.94. The first-order chi connectivity index (χ1) is 8.95. The SMILES string of the molecule is Cc1cn(Cc2ccc(F)c(Cl)c2)c(NC(C)C)n1. The second-order valence-electron chi connectivity index (χ2n) is 4.88. The van der Waals surface area contributed by atoms with Crippen LogP contribution in [-0.2, 0) is 6.54 Å². The Bertz CT molecular complexity index is 578. The average Bonchev–Trinajstić information content (AvgIpc) is 2.63. The molecule has 0 saturated heterocycles. The Morgan fingerprint density at radius 3 is 2.79 bits per heavy atom. The molecule has 0 amide bonds. The van der Waals surface area contributed by atoms with Gasteiger partial charge in [0, 0.05) is 12.2 Å². The van der Waals surface area contributed by atoms with Crippen LogP contribution in [0.25, 0.3) is 0 Å². The molecule has 0 aliphatic heterocycles. The topological polar surface area (TPSA) is 29.9 Å². The van der Waals surface area contributed by atoms with Gasteiger partial charge in [-0.2, -0.15) is 0 Å². The Kier molecular flexibility index (Phi) is 4.10. The van der Waals surface area contributed by atoms with E-state index in [4.69, 9.17) is 11.6 Å². The van der Waals surface area contributed by atoms with Gasteiger partial charge >= 0.3 is 0 Å². The van der Waals surface area contributed by atoms with E-state index < -0.39 is 5.82 Å². The summed E-state index contributed by atoms with van der Waals surface area (Å²) in [4.78, 5) is 4.43. The third kappa shape index (κ3) is 3.47. The molecule has 0 atom stereocenters. The first-order valence-corrected chi connectivity index (χ1v) is 6.57. The van der Waals surface area contributed by atoms with Gasteiger partial charge in [0.2, 0.25) is 5.95 Å². The highest BCUT2D eigenvalue weighted by Crippen LogP contribution is 2.18. The molecule has 1 aromatic heterocycles. The van der Waals surface area contributed by atoms with Crippen LogP contribution in [0.15, 0.2) is 24.4 Å². The van der Waals surface area contributed by atoms with E-state index in [0.717, 1.165) is 17.2 Å². The summed E-state index contributed by atoms with van der Waals surface area (Å²) in [5.41, 5.74) is 1.88. The van der Waals surface area contributed by atoms with Crippen molar-refractivity contribution in [3.05, 3.63) is 46.5 Å². The van der Waals surface area contributed by atoms with Crippen LogP contribution in [0.1, 0.15) is 25.1 Å². The fraction of sp³-hybridized carbons (Fsp3) is 0.357. The number of nitrogens with zero attached hydrogens (tertiary/aromatic N) is 2. The maximum atomic E-state index is 13.1. The molecular formula is C14H17ClFN3. The molecule has 0 saturated carbocycles. The summed E-state index contributed by atoms with van der Waals surface area (Å²) in [7, 11) is 0. The molecule has 1 N–H and O–H groups in total. The third-order valence-electron chi connectivity index (χ3n) is 2.65. The van der Waals surface area contributed by atoms with Crippen molar-refractivity contribution < 1.29 is 4.39 Å². The quantitative estimate of drug-likeness (QED) is 0.922. The predicted molar refractivity (Wildman–Crippen MR) is 76.2 cm³/mol. The number of anilines is 1. The van der Waals surface area contributed by atoms with Gasteiger partial charge in [-0.05, 0) is 38.5 Å². The number of nitrogens with one attached hydrogen (secondary N) is 1. The second kappa shape index (κ2) is 5.61. The molecule has 3 nitrogen and oxygen atoms in total. The molecule has 0 aliphatic rings. The second-order valence-corrected chi connectivity index (χ2v) is 5.29. The van der Waals surface area contributed by atoms with Crippen molar-refractivity contribution in [2.45, 2.75) is 33.4 Å². The molecule has 19 heavy (non-hydrogen) atoms. The molecule has 5 heteroatoms. The molecule has 1 heterocycles. The monoisotopic (exact) mass is 281 g/mol.